The maximum absolute atomic E-state index is 4.72. The summed E-state index contributed by atoms with van der Waals surface area (Å²) >= 11 is 1.61. The summed E-state index contributed by atoms with van der Waals surface area (Å²) in [5, 5.41) is 13.6. The number of hydrogen-bond donors (Lipinski definition) is 2. The summed E-state index contributed by atoms with van der Waals surface area (Å²) in [4.78, 5) is 19.2. The Morgan fingerprint density at radius 2 is 1.89 bits per heavy atom. The quantitative estimate of drug-likeness (QED) is 0.472. The van der Waals surface area contributed by atoms with Crippen molar-refractivity contribution in [1.82, 2.24) is 30.1 Å². The highest BCUT2D eigenvalue weighted by atomic mass is 32.1. The highest BCUT2D eigenvalue weighted by Crippen LogP contribution is 2.25. The van der Waals surface area contributed by atoms with Gasteiger partial charge < -0.3 is 5.32 Å². The number of nitrogens with one attached hydrogen (secondary N) is 2. The largest absolute Gasteiger partial charge is 0.362 e. The van der Waals surface area contributed by atoms with Gasteiger partial charge in [-0.3, -0.25) is 10.1 Å². The summed E-state index contributed by atoms with van der Waals surface area (Å²) in [6, 6.07) is 15.7. The van der Waals surface area contributed by atoms with E-state index >= 15 is 0 Å². The van der Waals surface area contributed by atoms with E-state index in [1.54, 1.807) is 23.7 Å². The number of aromatic nitrogens is 6. The topological polar surface area (TPSA) is 92.3 Å². The lowest BCUT2D eigenvalue weighted by Crippen LogP contribution is -2.05. The molecule has 1 aromatic carbocycles. The number of benzene rings is 1. The van der Waals surface area contributed by atoms with Gasteiger partial charge in [0, 0.05) is 23.3 Å². The van der Waals surface area contributed by atoms with Gasteiger partial charge in [0.05, 0.1) is 16.9 Å². The van der Waals surface area contributed by atoms with Crippen LogP contribution in [0, 0.1) is 0 Å². The molecule has 0 unspecified atom stereocenters. The van der Waals surface area contributed by atoms with Gasteiger partial charge in [-0.15, -0.1) is 11.3 Å². The Labute approximate surface area is 164 Å². The zero-order valence-electron chi connectivity index (χ0n) is 14.7. The van der Waals surface area contributed by atoms with Gasteiger partial charge >= 0.3 is 0 Å². The van der Waals surface area contributed by atoms with Crippen LogP contribution < -0.4 is 5.32 Å². The Kier molecular flexibility index (Phi) is 4.23. The van der Waals surface area contributed by atoms with Crippen LogP contribution in [0.25, 0.3) is 33.0 Å². The monoisotopic (exact) mass is 385 g/mol. The van der Waals surface area contributed by atoms with Crippen LogP contribution in [0.1, 0.15) is 5.82 Å². The highest BCUT2D eigenvalue weighted by molar-refractivity contribution is 7.13. The van der Waals surface area contributed by atoms with E-state index in [1.807, 2.05) is 53.9 Å². The molecule has 5 rings (SSSR count). The Morgan fingerprint density at radius 1 is 0.929 bits per heavy atom. The number of H-pyrrole nitrogens is 1. The lowest BCUT2D eigenvalue weighted by atomic mass is 10.2. The molecule has 0 aliphatic rings. The van der Waals surface area contributed by atoms with Crippen molar-refractivity contribution in [3.63, 3.8) is 0 Å². The second-order valence-corrected chi connectivity index (χ2v) is 7.04. The maximum atomic E-state index is 4.72. The van der Waals surface area contributed by atoms with Crippen molar-refractivity contribution in [3.8, 4) is 22.1 Å². The maximum Gasteiger partial charge on any atom is 0.191 e. The molecule has 136 valence electrons. The fourth-order valence-corrected chi connectivity index (χ4v) is 3.55. The molecule has 0 saturated carbocycles. The summed E-state index contributed by atoms with van der Waals surface area (Å²) in [6.07, 6.45) is 3.50. The molecule has 0 atom stereocenters. The van der Waals surface area contributed by atoms with Crippen LogP contribution >= 0.6 is 11.3 Å². The van der Waals surface area contributed by atoms with E-state index < -0.39 is 0 Å². The van der Waals surface area contributed by atoms with Crippen molar-refractivity contribution in [2.75, 3.05) is 5.32 Å². The number of para-hydroxylation sites is 1. The minimum Gasteiger partial charge on any atom is -0.362 e. The minimum absolute atomic E-state index is 0.478. The van der Waals surface area contributed by atoms with E-state index in [9.17, 15) is 0 Å². The molecule has 2 N–H and O–H groups in total. The van der Waals surface area contributed by atoms with E-state index in [0.717, 1.165) is 33.0 Å². The van der Waals surface area contributed by atoms with E-state index in [-0.39, 0.29) is 0 Å². The molecule has 0 aliphatic heterocycles. The van der Waals surface area contributed by atoms with Gasteiger partial charge in [-0.1, -0.05) is 18.2 Å². The molecule has 0 spiro atoms. The molecular formula is C20H15N7S. The van der Waals surface area contributed by atoms with Crippen LogP contribution in [-0.4, -0.2) is 30.1 Å². The first-order chi connectivity index (χ1) is 13.9. The van der Waals surface area contributed by atoms with Crippen LogP contribution in [0.5, 0.6) is 0 Å². The van der Waals surface area contributed by atoms with Gasteiger partial charge in [-0.25, -0.2) is 15.0 Å². The van der Waals surface area contributed by atoms with E-state index in [4.69, 9.17) is 4.98 Å². The molecule has 0 aliphatic carbocycles. The molecule has 0 amide bonds. The number of rotatable bonds is 5. The molecule has 4 aromatic heterocycles. The molecule has 8 heteroatoms. The van der Waals surface area contributed by atoms with Gasteiger partial charge in [0.25, 0.3) is 0 Å². The van der Waals surface area contributed by atoms with Gasteiger partial charge in [-0.05, 0) is 35.7 Å². The lowest BCUT2D eigenvalue weighted by molar-refractivity contribution is 0.948. The number of anilines is 1. The zero-order chi connectivity index (χ0) is 18.8. The van der Waals surface area contributed by atoms with E-state index in [0.29, 0.717) is 18.2 Å². The van der Waals surface area contributed by atoms with Gasteiger partial charge in [0.1, 0.15) is 11.6 Å². The Hall–Kier alpha value is -3.65. The van der Waals surface area contributed by atoms with Gasteiger partial charge in [0.15, 0.2) is 11.6 Å². The molecule has 28 heavy (non-hydrogen) atoms. The third-order valence-electron chi connectivity index (χ3n) is 4.22. The molecular weight excluding hydrogens is 370 g/mol. The average Bonchev–Trinajstić information content (AvgIpc) is 3.44. The summed E-state index contributed by atoms with van der Waals surface area (Å²) in [5.41, 5.74) is 1.74. The van der Waals surface area contributed by atoms with Crippen molar-refractivity contribution >= 4 is 28.1 Å². The Bertz CT molecular complexity index is 1220. The predicted molar refractivity (Wildman–Crippen MR) is 110 cm³/mol. The van der Waals surface area contributed by atoms with Gasteiger partial charge in [0.2, 0.25) is 0 Å². The van der Waals surface area contributed by atoms with E-state index in [1.165, 1.54) is 0 Å². The number of fused-ring (bicyclic) bond motifs is 1. The molecule has 0 radical (unpaired) electrons. The SMILES string of the molecule is c1cncc(-c2nc(NCc3nc(-c4cccs4)n[nH]3)c3ccccc3n2)c1. The second-order valence-electron chi connectivity index (χ2n) is 6.09. The first-order valence-electron chi connectivity index (χ1n) is 8.73. The summed E-state index contributed by atoms with van der Waals surface area (Å²) < 4.78 is 0. The van der Waals surface area contributed by atoms with Crippen molar-refractivity contribution in [3.05, 3.63) is 72.1 Å². The first-order valence-corrected chi connectivity index (χ1v) is 9.61. The van der Waals surface area contributed by atoms with Crippen LogP contribution in [0.2, 0.25) is 0 Å². The van der Waals surface area contributed by atoms with Crippen LogP contribution in [0.3, 0.4) is 0 Å². The number of hydrogen-bond acceptors (Lipinski definition) is 7. The Morgan fingerprint density at radius 3 is 2.75 bits per heavy atom. The number of aromatic amines is 1. The fourth-order valence-electron chi connectivity index (χ4n) is 2.89. The van der Waals surface area contributed by atoms with Crippen molar-refractivity contribution in [2.45, 2.75) is 6.54 Å². The molecule has 5 aromatic rings. The van der Waals surface area contributed by atoms with Crippen LogP contribution in [0.4, 0.5) is 5.82 Å². The molecule has 4 heterocycles. The minimum atomic E-state index is 0.478. The molecule has 0 fully saturated rings. The van der Waals surface area contributed by atoms with E-state index in [2.05, 4.69) is 30.5 Å². The zero-order valence-corrected chi connectivity index (χ0v) is 15.5. The third-order valence-corrected chi connectivity index (χ3v) is 5.09. The van der Waals surface area contributed by atoms with Crippen LogP contribution in [0.15, 0.2) is 66.3 Å². The third kappa shape index (κ3) is 3.21. The summed E-state index contributed by atoms with van der Waals surface area (Å²) in [5.74, 6) is 2.83. The second kappa shape index (κ2) is 7.16. The smallest absolute Gasteiger partial charge is 0.191 e. The lowest BCUT2D eigenvalue weighted by Gasteiger charge is -2.10. The van der Waals surface area contributed by atoms with Crippen molar-refractivity contribution in [1.29, 1.82) is 0 Å². The normalized spacial score (nSPS) is 11.0. The average molecular weight is 385 g/mol. The molecule has 7 nitrogen and oxygen atoms in total. The standard InChI is InChI=1S/C20H15N7S/c1-2-7-15-14(6-1)19(25-18(23-15)13-5-3-9-21-11-13)22-12-17-24-20(27-26-17)16-8-4-10-28-16/h1-11H,12H2,(H,22,23,25)(H,24,26,27). The highest BCUT2D eigenvalue weighted by Gasteiger charge is 2.11. The van der Waals surface area contributed by atoms with Crippen molar-refractivity contribution < 1.29 is 0 Å². The van der Waals surface area contributed by atoms with Gasteiger partial charge in [-0.2, -0.15) is 5.10 Å². The molecule has 0 saturated heterocycles. The molecule has 0 bridgehead atoms. The summed E-state index contributed by atoms with van der Waals surface area (Å²) in [7, 11) is 0. The van der Waals surface area contributed by atoms with Crippen LogP contribution in [-0.2, 0) is 6.54 Å². The predicted octanol–water partition coefficient (Wildman–Crippen LogP) is 4.15. The fraction of sp³-hybridized carbons (Fsp3) is 0.0500. The van der Waals surface area contributed by atoms with Crippen molar-refractivity contribution in [2.24, 2.45) is 0 Å². The number of thiophene rings is 1. The number of nitrogens with zero attached hydrogens (tertiary/aromatic N) is 5. The summed E-state index contributed by atoms with van der Waals surface area (Å²) in [6.45, 7) is 0.478. The number of pyridine rings is 1. The Balaban J connectivity index is 1.46. The first kappa shape index (κ1) is 16.5.